The molecule has 2 nitrogen and oxygen atoms in total. The van der Waals surface area contributed by atoms with E-state index in [4.69, 9.17) is 0 Å². The van der Waals surface area contributed by atoms with Crippen molar-refractivity contribution < 1.29 is 26.3 Å². The molecule has 0 saturated carbocycles. The van der Waals surface area contributed by atoms with Crippen molar-refractivity contribution in [2.24, 2.45) is 0 Å². The molecule has 0 radical (unpaired) electrons. The molecule has 1 atom stereocenters. The number of piperazine rings is 1. The number of hydrogen-bond donors (Lipinski definition) is 1. The van der Waals surface area contributed by atoms with Gasteiger partial charge in [0, 0.05) is 31.7 Å². The third-order valence-electron chi connectivity index (χ3n) is 3.32. The summed E-state index contributed by atoms with van der Waals surface area (Å²) in [5.41, 5.74) is -1.11. The van der Waals surface area contributed by atoms with Crippen molar-refractivity contribution in [2.75, 3.05) is 32.9 Å². The van der Waals surface area contributed by atoms with Crippen LogP contribution in [0.25, 0.3) is 0 Å². The van der Waals surface area contributed by atoms with Gasteiger partial charge in [-0.1, -0.05) is 0 Å². The first-order chi connectivity index (χ1) is 9.49. The van der Waals surface area contributed by atoms with Crippen LogP contribution in [-0.2, 0) is 0 Å². The zero-order chi connectivity index (χ0) is 14.9. The lowest BCUT2D eigenvalue weighted by atomic mass is 10.0. The molecule has 0 aromatic heterocycles. The third-order valence-corrected chi connectivity index (χ3v) is 3.32. The molecule has 1 aliphatic heterocycles. The molecule has 0 unspecified atom stereocenters. The Hall–Kier alpha value is -0.990. The lowest BCUT2D eigenvalue weighted by Crippen LogP contribution is -2.46. The predicted octanol–water partition coefficient (Wildman–Crippen LogP) is 2.72. The van der Waals surface area contributed by atoms with Crippen molar-refractivity contribution in [2.45, 2.75) is 6.04 Å². The molecule has 2 rings (SSSR count). The quantitative estimate of drug-likeness (QED) is 0.519. The van der Waals surface area contributed by atoms with E-state index in [1.165, 1.54) is 4.90 Å². The van der Waals surface area contributed by atoms with Gasteiger partial charge in [0.2, 0.25) is 5.82 Å². The molecule has 0 aliphatic carbocycles. The Balaban J connectivity index is 0.00000220. The average molecular weight is 335 g/mol. The van der Waals surface area contributed by atoms with Crippen LogP contribution in [0.4, 0.5) is 26.3 Å². The molecule has 21 heavy (non-hydrogen) atoms. The molecule has 120 valence electrons. The van der Waals surface area contributed by atoms with Crippen molar-refractivity contribution in [3.05, 3.63) is 34.6 Å². The van der Waals surface area contributed by atoms with Gasteiger partial charge in [-0.3, -0.25) is 4.90 Å². The second-order valence-electron chi connectivity index (χ2n) is 4.44. The topological polar surface area (TPSA) is 15.3 Å². The highest BCUT2D eigenvalue weighted by atomic mass is 35.5. The van der Waals surface area contributed by atoms with Gasteiger partial charge in [-0.15, -0.1) is 12.4 Å². The van der Waals surface area contributed by atoms with E-state index in [2.05, 4.69) is 5.32 Å². The van der Waals surface area contributed by atoms with E-state index >= 15 is 0 Å². The summed E-state index contributed by atoms with van der Waals surface area (Å²) >= 11 is 0. The predicted molar refractivity (Wildman–Crippen MR) is 66.6 cm³/mol. The lowest BCUT2D eigenvalue weighted by molar-refractivity contribution is 0.139. The molecule has 0 bridgehead atoms. The molecule has 1 heterocycles. The first-order valence-corrected chi connectivity index (χ1v) is 6.01. The van der Waals surface area contributed by atoms with Gasteiger partial charge in [-0.05, 0) is 0 Å². The summed E-state index contributed by atoms with van der Waals surface area (Å²) in [4.78, 5) is 1.36. The van der Waals surface area contributed by atoms with E-state index in [1.54, 1.807) is 0 Å². The summed E-state index contributed by atoms with van der Waals surface area (Å²) in [6.07, 6.45) is 0. The smallest absolute Gasteiger partial charge is 0.200 e. The number of hydrogen-bond acceptors (Lipinski definition) is 2. The number of halogens is 7. The Kier molecular flexibility index (Phi) is 6.30. The number of nitrogens with zero attached hydrogens (tertiary/aromatic N) is 1. The minimum atomic E-state index is -2.23. The first kappa shape index (κ1) is 18.1. The summed E-state index contributed by atoms with van der Waals surface area (Å²) in [5.74, 6) is -10.3. The van der Waals surface area contributed by atoms with Crippen LogP contribution in [-0.4, -0.2) is 37.8 Å². The molecule has 1 fully saturated rings. The molecule has 0 amide bonds. The molecular weight excluding hydrogens is 322 g/mol. The number of nitrogens with one attached hydrogen (secondary N) is 1. The van der Waals surface area contributed by atoms with Crippen LogP contribution < -0.4 is 5.32 Å². The van der Waals surface area contributed by atoms with E-state index in [0.29, 0.717) is 13.1 Å². The van der Waals surface area contributed by atoms with E-state index in [1.807, 2.05) is 0 Å². The third kappa shape index (κ3) is 3.27. The maximum atomic E-state index is 13.7. The van der Waals surface area contributed by atoms with Gasteiger partial charge in [0.15, 0.2) is 23.3 Å². The van der Waals surface area contributed by atoms with E-state index in [9.17, 15) is 26.3 Å². The van der Waals surface area contributed by atoms with Crippen LogP contribution in [0.3, 0.4) is 0 Å². The zero-order valence-corrected chi connectivity index (χ0v) is 11.6. The minimum absolute atomic E-state index is 0. The van der Waals surface area contributed by atoms with Gasteiger partial charge in [0.25, 0.3) is 0 Å². The standard InChI is InChI=1S/C12H12F6N2.ClH/c13-5-6(20-3-1-19-2-4-20)7-8(14)10(16)12(18)11(17)9(7)15;/h6,19H,1-5H2;1H/t6-;/m0./s1. The van der Waals surface area contributed by atoms with E-state index < -0.39 is 47.4 Å². The highest BCUT2D eigenvalue weighted by Crippen LogP contribution is 2.31. The largest absolute Gasteiger partial charge is 0.314 e. The van der Waals surface area contributed by atoms with Crippen molar-refractivity contribution in [1.82, 2.24) is 10.2 Å². The molecule has 1 aromatic carbocycles. The van der Waals surface area contributed by atoms with Crippen molar-refractivity contribution in [3.63, 3.8) is 0 Å². The Morgan fingerprint density at radius 1 is 0.857 bits per heavy atom. The molecule has 1 saturated heterocycles. The highest BCUT2D eigenvalue weighted by molar-refractivity contribution is 5.85. The fourth-order valence-corrected chi connectivity index (χ4v) is 2.27. The van der Waals surface area contributed by atoms with Crippen molar-refractivity contribution in [1.29, 1.82) is 0 Å². The summed E-state index contributed by atoms with van der Waals surface area (Å²) in [6.45, 7) is 0.179. The number of benzene rings is 1. The molecule has 9 heteroatoms. The van der Waals surface area contributed by atoms with Gasteiger partial charge in [-0.25, -0.2) is 26.3 Å². The highest BCUT2D eigenvalue weighted by Gasteiger charge is 2.33. The molecule has 0 spiro atoms. The lowest BCUT2D eigenvalue weighted by Gasteiger charge is -2.33. The average Bonchev–Trinajstić information content (AvgIpc) is 2.48. The summed E-state index contributed by atoms with van der Waals surface area (Å²) in [5, 5.41) is 2.95. The van der Waals surface area contributed by atoms with Gasteiger partial charge in [0.05, 0.1) is 6.04 Å². The SMILES string of the molecule is Cl.FC[C@@H](c1c(F)c(F)c(F)c(F)c1F)N1CCNCC1. The Morgan fingerprint density at radius 3 is 1.71 bits per heavy atom. The van der Waals surface area contributed by atoms with Crippen LogP contribution in [0.15, 0.2) is 0 Å². The number of rotatable bonds is 3. The second kappa shape index (κ2) is 7.33. The molecule has 1 aliphatic rings. The maximum Gasteiger partial charge on any atom is 0.200 e. The van der Waals surface area contributed by atoms with Crippen LogP contribution in [0, 0.1) is 29.1 Å². The Bertz CT molecular complexity index is 478. The minimum Gasteiger partial charge on any atom is -0.314 e. The fraction of sp³-hybridized carbons (Fsp3) is 0.500. The number of alkyl halides is 1. The fourth-order valence-electron chi connectivity index (χ4n) is 2.27. The summed E-state index contributed by atoms with van der Waals surface area (Å²) in [6, 6.07) is -1.48. The maximum absolute atomic E-state index is 13.7. The van der Waals surface area contributed by atoms with Gasteiger partial charge in [-0.2, -0.15) is 0 Å². The second-order valence-corrected chi connectivity index (χ2v) is 4.44. The van der Waals surface area contributed by atoms with Crippen LogP contribution in [0.5, 0.6) is 0 Å². The van der Waals surface area contributed by atoms with Crippen LogP contribution in [0.2, 0.25) is 0 Å². The molecular formula is C12H13ClF6N2. The van der Waals surface area contributed by atoms with Crippen molar-refractivity contribution in [3.8, 4) is 0 Å². The van der Waals surface area contributed by atoms with Crippen molar-refractivity contribution >= 4 is 12.4 Å². The summed E-state index contributed by atoms with van der Waals surface area (Å²) in [7, 11) is 0. The van der Waals surface area contributed by atoms with Gasteiger partial charge < -0.3 is 5.32 Å². The zero-order valence-electron chi connectivity index (χ0n) is 10.7. The van der Waals surface area contributed by atoms with Gasteiger partial charge >= 0.3 is 0 Å². The van der Waals surface area contributed by atoms with E-state index in [-0.39, 0.29) is 25.5 Å². The van der Waals surface area contributed by atoms with Crippen LogP contribution in [0.1, 0.15) is 11.6 Å². The van der Waals surface area contributed by atoms with Gasteiger partial charge in [0.1, 0.15) is 6.67 Å². The Morgan fingerprint density at radius 2 is 1.29 bits per heavy atom. The normalized spacial score (nSPS) is 17.4. The Labute approximate surface area is 123 Å². The monoisotopic (exact) mass is 334 g/mol. The van der Waals surface area contributed by atoms with E-state index in [0.717, 1.165) is 0 Å². The first-order valence-electron chi connectivity index (χ1n) is 6.01. The summed E-state index contributed by atoms with van der Waals surface area (Å²) < 4.78 is 79.7. The van der Waals surface area contributed by atoms with Crippen LogP contribution >= 0.6 is 12.4 Å². The molecule has 1 N–H and O–H groups in total. The molecule has 1 aromatic rings.